The molecule has 1 saturated heterocycles. The highest BCUT2D eigenvalue weighted by Crippen LogP contribution is 2.26. The molecule has 0 aliphatic carbocycles. The van der Waals surface area contributed by atoms with E-state index < -0.39 is 0 Å². The molecule has 2 N–H and O–H groups in total. The van der Waals surface area contributed by atoms with Crippen LogP contribution in [0.3, 0.4) is 0 Å². The Balaban J connectivity index is 2.09. The summed E-state index contributed by atoms with van der Waals surface area (Å²) in [5, 5.41) is 4.04. The number of thiophene rings is 1. The lowest BCUT2D eigenvalue weighted by molar-refractivity contribution is 0.329. The van der Waals surface area contributed by atoms with Crippen LogP contribution in [0, 0.1) is 12.8 Å². The van der Waals surface area contributed by atoms with Gasteiger partial charge < -0.3 is 5.32 Å². The Morgan fingerprint density at radius 3 is 2.86 bits per heavy atom. The maximum atomic E-state index is 12.7. The molecule has 0 radical (unpaired) electrons. The van der Waals surface area contributed by atoms with Gasteiger partial charge in [-0.05, 0) is 50.8 Å². The minimum Gasteiger partial charge on any atom is -0.316 e. The van der Waals surface area contributed by atoms with Gasteiger partial charge >= 0.3 is 5.69 Å². The quantitative estimate of drug-likeness (QED) is 0.905. The fourth-order valence-corrected chi connectivity index (χ4v) is 4.34. The Bertz CT molecular complexity index is 766. The Morgan fingerprint density at radius 2 is 2.19 bits per heavy atom. The molecular weight excluding hydrogens is 286 g/mol. The highest BCUT2D eigenvalue weighted by molar-refractivity contribution is 7.18. The van der Waals surface area contributed by atoms with Crippen LogP contribution in [0.1, 0.15) is 30.2 Å². The van der Waals surface area contributed by atoms with Gasteiger partial charge in [0.15, 0.2) is 0 Å². The maximum Gasteiger partial charge on any atom is 0.329 e. The van der Waals surface area contributed by atoms with Crippen molar-refractivity contribution in [3.8, 4) is 0 Å². The fourth-order valence-electron chi connectivity index (χ4n) is 3.21. The van der Waals surface area contributed by atoms with Crippen molar-refractivity contribution in [1.82, 2.24) is 14.9 Å². The Kier molecular flexibility index (Phi) is 3.99. The van der Waals surface area contributed by atoms with Gasteiger partial charge in [-0.2, -0.15) is 0 Å². The first-order valence-electron chi connectivity index (χ1n) is 7.57. The monoisotopic (exact) mass is 307 g/mol. The first kappa shape index (κ1) is 14.5. The topological polar surface area (TPSA) is 66.9 Å². The largest absolute Gasteiger partial charge is 0.329 e. The summed E-state index contributed by atoms with van der Waals surface area (Å²) in [6.45, 7) is 6.48. The molecule has 1 unspecified atom stereocenters. The van der Waals surface area contributed by atoms with Gasteiger partial charge in [-0.15, -0.1) is 11.3 Å². The third-order valence-electron chi connectivity index (χ3n) is 4.33. The Hall–Kier alpha value is -1.40. The number of hydrogen-bond acceptors (Lipinski definition) is 4. The molecule has 1 aliphatic heterocycles. The number of nitrogens with zero attached hydrogens (tertiary/aromatic N) is 1. The van der Waals surface area contributed by atoms with Crippen LogP contribution in [0.15, 0.2) is 9.59 Å². The van der Waals surface area contributed by atoms with E-state index in [1.807, 2.05) is 6.92 Å². The molecule has 0 aromatic carbocycles. The van der Waals surface area contributed by atoms with Gasteiger partial charge in [-0.1, -0.05) is 6.92 Å². The summed E-state index contributed by atoms with van der Waals surface area (Å²) in [6.07, 6.45) is 3.00. The van der Waals surface area contributed by atoms with Crippen LogP contribution in [0.4, 0.5) is 0 Å². The van der Waals surface area contributed by atoms with Crippen molar-refractivity contribution in [2.24, 2.45) is 5.92 Å². The highest BCUT2D eigenvalue weighted by Gasteiger charge is 2.19. The number of aromatic amines is 1. The summed E-state index contributed by atoms with van der Waals surface area (Å²) in [7, 11) is 0. The third-order valence-corrected chi connectivity index (χ3v) is 5.39. The van der Waals surface area contributed by atoms with Gasteiger partial charge in [-0.25, -0.2) is 4.79 Å². The summed E-state index contributed by atoms with van der Waals surface area (Å²) < 4.78 is 1.39. The molecule has 2 aromatic heterocycles. The Labute approximate surface area is 127 Å². The van der Waals surface area contributed by atoms with E-state index in [-0.39, 0.29) is 11.2 Å². The second-order valence-electron chi connectivity index (χ2n) is 5.75. The predicted molar refractivity (Wildman–Crippen MR) is 86.4 cm³/mol. The molecule has 114 valence electrons. The number of aryl methyl sites for hydroxylation is 2. The van der Waals surface area contributed by atoms with Gasteiger partial charge in [0.1, 0.15) is 4.83 Å². The lowest BCUT2D eigenvalue weighted by Crippen LogP contribution is -2.40. The number of aromatic nitrogens is 2. The molecule has 2 aromatic rings. The zero-order chi connectivity index (χ0) is 15.0. The molecule has 0 saturated carbocycles. The van der Waals surface area contributed by atoms with Crippen molar-refractivity contribution in [2.75, 3.05) is 13.1 Å². The first-order valence-corrected chi connectivity index (χ1v) is 8.39. The van der Waals surface area contributed by atoms with E-state index in [4.69, 9.17) is 0 Å². The molecule has 1 atom stereocenters. The SMILES string of the molecule is CCc1c(C)sc2[nH]c(=O)n(CC3CCCNC3)c(=O)c12. The van der Waals surface area contributed by atoms with Crippen LogP contribution in [0.25, 0.3) is 10.2 Å². The number of hydrogen-bond donors (Lipinski definition) is 2. The van der Waals surface area contributed by atoms with Crippen LogP contribution in [0.2, 0.25) is 0 Å². The summed E-state index contributed by atoms with van der Waals surface area (Å²) in [4.78, 5) is 29.7. The zero-order valence-electron chi connectivity index (χ0n) is 12.5. The molecule has 1 aliphatic rings. The highest BCUT2D eigenvalue weighted by atomic mass is 32.1. The van der Waals surface area contributed by atoms with Crippen molar-refractivity contribution in [3.63, 3.8) is 0 Å². The van der Waals surface area contributed by atoms with Gasteiger partial charge in [0.05, 0.1) is 5.39 Å². The Morgan fingerprint density at radius 1 is 1.38 bits per heavy atom. The summed E-state index contributed by atoms with van der Waals surface area (Å²) in [5.41, 5.74) is 0.675. The van der Waals surface area contributed by atoms with Gasteiger partial charge in [0.25, 0.3) is 5.56 Å². The van der Waals surface area contributed by atoms with Crippen molar-refractivity contribution < 1.29 is 0 Å². The standard InChI is InChI=1S/C15H21N3O2S/c1-3-11-9(2)21-13-12(11)14(19)18(15(20)17-13)8-10-5-4-6-16-7-10/h10,16H,3-8H2,1-2H3,(H,17,20). The van der Waals surface area contributed by atoms with Gasteiger partial charge in [0, 0.05) is 11.4 Å². The average molecular weight is 307 g/mol. The van der Waals surface area contributed by atoms with E-state index >= 15 is 0 Å². The zero-order valence-corrected chi connectivity index (χ0v) is 13.3. The molecule has 6 heteroatoms. The lowest BCUT2D eigenvalue weighted by Gasteiger charge is -2.22. The molecule has 1 fully saturated rings. The first-order chi connectivity index (χ1) is 10.1. The second kappa shape index (κ2) is 5.77. The average Bonchev–Trinajstić information content (AvgIpc) is 2.80. The molecule has 21 heavy (non-hydrogen) atoms. The number of nitrogens with one attached hydrogen (secondary N) is 2. The fraction of sp³-hybridized carbons (Fsp3) is 0.600. The maximum absolute atomic E-state index is 12.7. The minimum atomic E-state index is -0.276. The number of piperidine rings is 1. The number of rotatable bonds is 3. The van der Waals surface area contributed by atoms with Crippen LogP contribution in [-0.4, -0.2) is 22.6 Å². The predicted octanol–water partition coefficient (Wildman–Crippen LogP) is 1.62. The molecule has 0 bridgehead atoms. The van der Waals surface area contributed by atoms with Crippen LogP contribution in [0.5, 0.6) is 0 Å². The summed E-state index contributed by atoms with van der Waals surface area (Å²) in [5.74, 6) is 0.361. The second-order valence-corrected chi connectivity index (χ2v) is 6.98. The molecule has 0 amide bonds. The smallest absolute Gasteiger partial charge is 0.316 e. The molecule has 0 spiro atoms. The van der Waals surface area contributed by atoms with Gasteiger partial charge in [-0.3, -0.25) is 14.3 Å². The van der Waals surface area contributed by atoms with Crippen LogP contribution in [-0.2, 0) is 13.0 Å². The van der Waals surface area contributed by atoms with Crippen LogP contribution < -0.4 is 16.6 Å². The summed E-state index contributed by atoms with van der Waals surface area (Å²) >= 11 is 1.51. The van der Waals surface area contributed by atoms with Gasteiger partial charge in [0.2, 0.25) is 0 Å². The normalized spacial score (nSPS) is 19.2. The molecular formula is C15H21N3O2S. The minimum absolute atomic E-state index is 0.125. The molecule has 3 heterocycles. The number of H-pyrrole nitrogens is 1. The van der Waals surface area contributed by atoms with Crippen molar-refractivity contribution in [1.29, 1.82) is 0 Å². The van der Waals surface area contributed by atoms with Crippen molar-refractivity contribution >= 4 is 21.6 Å². The summed E-state index contributed by atoms with van der Waals surface area (Å²) in [6, 6.07) is 0. The van der Waals surface area contributed by atoms with E-state index in [9.17, 15) is 9.59 Å². The van der Waals surface area contributed by atoms with E-state index in [1.165, 1.54) is 15.9 Å². The van der Waals surface area contributed by atoms with E-state index in [2.05, 4.69) is 17.2 Å². The lowest BCUT2D eigenvalue weighted by atomic mass is 9.99. The van der Waals surface area contributed by atoms with Crippen LogP contribution >= 0.6 is 11.3 Å². The van der Waals surface area contributed by atoms with E-state index in [1.54, 1.807) is 0 Å². The van der Waals surface area contributed by atoms with E-state index in [0.29, 0.717) is 17.8 Å². The van der Waals surface area contributed by atoms with Crippen molar-refractivity contribution in [3.05, 3.63) is 31.3 Å². The van der Waals surface area contributed by atoms with Crippen molar-refractivity contribution in [2.45, 2.75) is 39.7 Å². The number of fused-ring (bicyclic) bond motifs is 1. The van der Waals surface area contributed by atoms with E-state index in [0.717, 1.165) is 47.6 Å². The molecule has 5 nitrogen and oxygen atoms in total. The third kappa shape index (κ3) is 2.58. The molecule has 3 rings (SSSR count).